The molecule has 0 heterocycles. The van der Waals surface area contributed by atoms with Crippen LogP contribution in [0.4, 0.5) is 0 Å². The SMILES string of the molecule is COc1cc(C(C)C)ccc1C(C(=O)O)C1CC1. The fraction of sp³-hybridized carbons (Fsp3) is 0.533. The standard InChI is InChI=1S/C15H20O3/c1-9(2)11-6-7-12(13(8-11)18-3)14(15(16)17)10-4-5-10/h6-10,14H,4-5H2,1-3H3,(H,16,17). The van der Waals surface area contributed by atoms with E-state index in [0.717, 1.165) is 18.4 Å². The summed E-state index contributed by atoms with van der Waals surface area (Å²) in [6, 6.07) is 5.91. The molecule has 3 heteroatoms. The molecule has 0 aromatic heterocycles. The van der Waals surface area contributed by atoms with Gasteiger partial charge in [-0.25, -0.2) is 0 Å². The van der Waals surface area contributed by atoms with Crippen LogP contribution in [0.25, 0.3) is 0 Å². The lowest BCUT2D eigenvalue weighted by molar-refractivity contribution is -0.139. The Morgan fingerprint density at radius 2 is 2.06 bits per heavy atom. The van der Waals surface area contributed by atoms with Gasteiger partial charge in [-0.05, 0) is 36.3 Å². The van der Waals surface area contributed by atoms with Crippen LogP contribution in [0.5, 0.6) is 5.75 Å². The molecule has 0 radical (unpaired) electrons. The lowest BCUT2D eigenvalue weighted by atomic mass is 9.91. The van der Waals surface area contributed by atoms with Gasteiger partial charge in [-0.2, -0.15) is 0 Å². The quantitative estimate of drug-likeness (QED) is 0.868. The summed E-state index contributed by atoms with van der Waals surface area (Å²) < 4.78 is 5.38. The van der Waals surface area contributed by atoms with Crippen molar-refractivity contribution >= 4 is 5.97 Å². The Kier molecular flexibility index (Phi) is 3.60. The van der Waals surface area contributed by atoms with E-state index in [-0.39, 0.29) is 5.92 Å². The van der Waals surface area contributed by atoms with Gasteiger partial charge in [0.25, 0.3) is 0 Å². The molecule has 1 unspecified atom stereocenters. The van der Waals surface area contributed by atoms with Gasteiger partial charge >= 0.3 is 5.97 Å². The van der Waals surface area contributed by atoms with Crippen LogP contribution < -0.4 is 4.74 Å². The Bertz CT molecular complexity index is 447. The molecule has 1 saturated carbocycles. The highest BCUT2D eigenvalue weighted by atomic mass is 16.5. The molecule has 1 aliphatic carbocycles. The Labute approximate surface area is 108 Å². The summed E-state index contributed by atoms with van der Waals surface area (Å²) in [4.78, 5) is 11.4. The second-order valence-electron chi connectivity index (χ2n) is 5.31. The Balaban J connectivity index is 2.39. The minimum Gasteiger partial charge on any atom is -0.496 e. The smallest absolute Gasteiger partial charge is 0.311 e. The molecule has 0 bridgehead atoms. The highest BCUT2D eigenvalue weighted by Gasteiger charge is 2.38. The number of ether oxygens (including phenoxy) is 1. The van der Waals surface area contributed by atoms with Crippen LogP contribution in [-0.4, -0.2) is 18.2 Å². The average molecular weight is 248 g/mol. The molecule has 1 aromatic rings. The fourth-order valence-electron chi connectivity index (χ4n) is 2.36. The van der Waals surface area contributed by atoms with E-state index >= 15 is 0 Å². The van der Waals surface area contributed by atoms with Crippen LogP contribution in [0, 0.1) is 5.92 Å². The van der Waals surface area contributed by atoms with Crippen LogP contribution in [-0.2, 0) is 4.79 Å². The molecular weight excluding hydrogens is 228 g/mol. The molecule has 1 aliphatic rings. The molecule has 3 nitrogen and oxygen atoms in total. The largest absolute Gasteiger partial charge is 0.496 e. The van der Waals surface area contributed by atoms with Gasteiger partial charge in [0.1, 0.15) is 5.75 Å². The second-order valence-corrected chi connectivity index (χ2v) is 5.31. The van der Waals surface area contributed by atoms with E-state index < -0.39 is 11.9 Å². The van der Waals surface area contributed by atoms with E-state index in [1.54, 1.807) is 7.11 Å². The minimum atomic E-state index is -0.743. The number of methoxy groups -OCH3 is 1. The summed E-state index contributed by atoms with van der Waals surface area (Å²) in [6.45, 7) is 4.23. The molecule has 18 heavy (non-hydrogen) atoms. The van der Waals surface area contributed by atoms with Gasteiger partial charge in [-0.15, -0.1) is 0 Å². The molecule has 0 saturated heterocycles. The van der Waals surface area contributed by atoms with Crippen molar-refractivity contribution in [3.63, 3.8) is 0 Å². The third-order valence-electron chi connectivity index (χ3n) is 3.62. The van der Waals surface area contributed by atoms with E-state index in [2.05, 4.69) is 13.8 Å². The third-order valence-corrected chi connectivity index (χ3v) is 3.62. The van der Waals surface area contributed by atoms with Gasteiger partial charge in [0.05, 0.1) is 13.0 Å². The highest BCUT2D eigenvalue weighted by Crippen LogP contribution is 2.45. The average Bonchev–Trinajstić information content (AvgIpc) is 3.13. The molecule has 0 spiro atoms. The number of carbonyl (C=O) groups is 1. The zero-order chi connectivity index (χ0) is 13.3. The van der Waals surface area contributed by atoms with Gasteiger partial charge in [0.15, 0.2) is 0 Å². The van der Waals surface area contributed by atoms with Gasteiger partial charge in [0.2, 0.25) is 0 Å². The third kappa shape index (κ3) is 2.50. The number of carboxylic acids is 1. The highest BCUT2D eigenvalue weighted by molar-refractivity contribution is 5.78. The number of hydrogen-bond donors (Lipinski definition) is 1. The molecule has 1 aromatic carbocycles. The Morgan fingerprint density at radius 1 is 1.39 bits per heavy atom. The number of aliphatic carboxylic acids is 1. The van der Waals surface area contributed by atoms with Gasteiger partial charge in [-0.3, -0.25) is 4.79 Å². The summed E-state index contributed by atoms with van der Waals surface area (Å²) in [6.07, 6.45) is 2.01. The summed E-state index contributed by atoms with van der Waals surface area (Å²) in [5.74, 6) is 0.244. The molecular formula is C15H20O3. The maximum Gasteiger partial charge on any atom is 0.311 e. The van der Waals surface area contributed by atoms with Gasteiger partial charge < -0.3 is 9.84 Å². The predicted molar refractivity (Wildman–Crippen MR) is 70.2 cm³/mol. The summed E-state index contributed by atoms with van der Waals surface area (Å²) in [5.41, 5.74) is 1.99. The first-order chi connectivity index (χ1) is 8.54. The second kappa shape index (κ2) is 5.01. The molecule has 98 valence electrons. The van der Waals surface area contributed by atoms with Gasteiger partial charge in [0, 0.05) is 5.56 Å². The van der Waals surface area contributed by atoms with Crippen molar-refractivity contribution in [2.45, 2.75) is 38.5 Å². The van der Waals surface area contributed by atoms with Crippen molar-refractivity contribution in [2.24, 2.45) is 5.92 Å². The number of carboxylic acid groups (broad SMARTS) is 1. The fourth-order valence-corrected chi connectivity index (χ4v) is 2.36. The van der Waals surface area contributed by atoms with Crippen molar-refractivity contribution in [3.05, 3.63) is 29.3 Å². The predicted octanol–water partition coefficient (Wildman–Crippen LogP) is 3.40. The summed E-state index contributed by atoms with van der Waals surface area (Å²) in [5, 5.41) is 9.38. The lowest BCUT2D eigenvalue weighted by Crippen LogP contribution is -2.15. The molecule has 2 rings (SSSR count). The van der Waals surface area contributed by atoms with Crippen molar-refractivity contribution in [3.8, 4) is 5.75 Å². The summed E-state index contributed by atoms with van der Waals surface area (Å²) >= 11 is 0. The van der Waals surface area contributed by atoms with Crippen LogP contribution in [0.2, 0.25) is 0 Å². The minimum absolute atomic E-state index is 0.279. The molecule has 1 fully saturated rings. The normalized spacial score (nSPS) is 16.7. The zero-order valence-electron chi connectivity index (χ0n) is 11.1. The van der Waals surface area contributed by atoms with E-state index in [9.17, 15) is 9.90 Å². The number of rotatable bonds is 5. The van der Waals surface area contributed by atoms with Crippen molar-refractivity contribution < 1.29 is 14.6 Å². The first-order valence-corrected chi connectivity index (χ1v) is 6.45. The summed E-state index contributed by atoms with van der Waals surface area (Å²) in [7, 11) is 1.61. The molecule has 1 atom stereocenters. The van der Waals surface area contributed by atoms with E-state index in [1.165, 1.54) is 5.56 Å². The van der Waals surface area contributed by atoms with Crippen molar-refractivity contribution in [1.29, 1.82) is 0 Å². The molecule has 0 aliphatic heterocycles. The maximum atomic E-state index is 11.4. The van der Waals surface area contributed by atoms with Crippen molar-refractivity contribution in [1.82, 2.24) is 0 Å². The topological polar surface area (TPSA) is 46.5 Å². The van der Waals surface area contributed by atoms with Crippen LogP contribution in [0.3, 0.4) is 0 Å². The van der Waals surface area contributed by atoms with E-state index in [1.807, 2.05) is 18.2 Å². The van der Waals surface area contributed by atoms with E-state index in [0.29, 0.717) is 11.7 Å². The number of hydrogen-bond acceptors (Lipinski definition) is 2. The van der Waals surface area contributed by atoms with Gasteiger partial charge in [-0.1, -0.05) is 26.0 Å². The van der Waals surface area contributed by atoms with E-state index in [4.69, 9.17) is 4.74 Å². The van der Waals surface area contributed by atoms with Crippen LogP contribution >= 0.6 is 0 Å². The molecule has 1 N–H and O–H groups in total. The Morgan fingerprint density at radius 3 is 2.50 bits per heavy atom. The zero-order valence-corrected chi connectivity index (χ0v) is 11.1. The van der Waals surface area contributed by atoms with Crippen LogP contribution in [0.15, 0.2) is 18.2 Å². The van der Waals surface area contributed by atoms with Crippen molar-refractivity contribution in [2.75, 3.05) is 7.11 Å². The first kappa shape index (κ1) is 12.9. The molecule has 0 amide bonds. The Hall–Kier alpha value is -1.51. The number of benzene rings is 1. The van der Waals surface area contributed by atoms with Crippen LogP contribution in [0.1, 0.15) is 49.7 Å². The monoisotopic (exact) mass is 248 g/mol. The lowest BCUT2D eigenvalue weighted by Gasteiger charge is -2.17. The first-order valence-electron chi connectivity index (χ1n) is 6.45. The maximum absolute atomic E-state index is 11.4.